The molecule has 1 aliphatic heterocycles. The minimum absolute atomic E-state index is 0.278. The molecule has 0 aromatic carbocycles. The highest BCUT2D eigenvalue weighted by Gasteiger charge is 2.34. The Labute approximate surface area is 132 Å². The predicted octanol–water partition coefficient (Wildman–Crippen LogP) is 1.80. The fourth-order valence-electron chi connectivity index (χ4n) is 1.92. The fraction of sp³-hybridized carbons (Fsp3) is 0.429. The number of hydrogen-bond donors (Lipinski definition) is 0. The molecule has 1 aliphatic rings. The second kappa shape index (κ2) is 7.26. The highest BCUT2D eigenvalue weighted by molar-refractivity contribution is 8.18. The summed E-state index contributed by atoms with van der Waals surface area (Å²) in [5.74, 6) is -0.627. The van der Waals surface area contributed by atoms with Crippen LogP contribution in [-0.4, -0.2) is 44.7 Å². The van der Waals surface area contributed by atoms with Crippen molar-refractivity contribution in [3.05, 3.63) is 23.1 Å². The van der Waals surface area contributed by atoms with Gasteiger partial charge in [0.15, 0.2) is 0 Å². The van der Waals surface area contributed by atoms with Gasteiger partial charge in [0.2, 0.25) is 0 Å². The van der Waals surface area contributed by atoms with Crippen LogP contribution in [-0.2, 0) is 21.4 Å². The van der Waals surface area contributed by atoms with E-state index >= 15 is 0 Å². The number of aromatic nitrogens is 2. The van der Waals surface area contributed by atoms with Crippen LogP contribution in [0.4, 0.5) is 4.79 Å². The summed E-state index contributed by atoms with van der Waals surface area (Å²) < 4.78 is 6.58. The molecule has 7 nitrogen and oxygen atoms in total. The molecule has 0 N–H and O–H groups in total. The van der Waals surface area contributed by atoms with Crippen LogP contribution in [0.2, 0.25) is 0 Å². The van der Waals surface area contributed by atoms with Crippen molar-refractivity contribution in [2.24, 2.45) is 7.05 Å². The molecule has 0 bridgehead atoms. The number of ether oxygens (including phenoxy) is 1. The Balaban J connectivity index is 1.89. The maximum Gasteiger partial charge on any atom is 0.302 e. The summed E-state index contributed by atoms with van der Waals surface area (Å²) in [6.07, 6.45) is 6.23. The first-order valence-corrected chi connectivity index (χ1v) is 7.65. The SMILES string of the molecule is CC(=O)OCCCCN1C(=O)S/C(=C/c2cn(C)cn2)C1=O. The van der Waals surface area contributed by atoms with E-state index in [1.807, 2.05) is 7.05 Å². The third kappa shape index (κ3) is 4.20. The van der Waals surface area contributed by atoms with Crippen LogP contribution in [0.5, 0.6) is 0 Å². The van der Waals surface area contributed by atoms with Crippen LogP contribution in [0.15, 0.2) is 17.4 Å². The summed E-state index contributed by atoms with van der Waals surface area (Å²) in [6, 6.07) is 0. The molecule has 0 aliphatic carbocycles. The number of carbonyl (C=O) groups excluding carboxylic acids is 3. The molecular formula is C14H17N3O4S. The number of hydrogen-bond acceptors (Lipinski definition) is 6. The summed E-state index contributed by atoms with van der Waals surface area (Å²) in [6.45, 7) is 1.97. The standard InChI is InChI=1S/C14H17N3O4S/c1-10(18)21-6-4-3-5-17-13(19)12(22-14(17)20)7-11-8-16(2)9-15-11/h7-9H,3-6H2,1-2H3/b12-7+. The van der Waals surface area contributed by atoms with Crippen molar-refractivity contribution in [3.8, 4) is 0 Å². The maximum absolute atomic E-state index is 12.2. The van der Waals surface area contributed by atoms with Gasteiger partial charge >= 0.3 is 5.97 Å². The van der Waals surface area contributed by atoms with Gasteiger partial charge in [-0.05, 0) is 30.7 Å². The van der Waals surface area contributed by atoms with Crippen LogP contribution in [0.3, 0.4) is 0 Å². The Kier molecular flexibility index (Phi) is 5.37. The van der Waals surface area contributed by atoms with Crippen molar-refractivity contribution in [2.75, 3.05) is 13.2 Å². The van der Waals surface area contributed by atoms with Gasteiger partial charge in [-0.25, -0.2) is 4.98 Å². The average Bonchev–Trinajstić information content (AvgIpc) is 2.96. The summed E-state index contributed by atoms with van der Waals surface area (Å²) >= 11 is 0.918. The van der Waals surface area contributed by atoms with Gasteiger partial charge in [0.25, 0.3) is 11.1 Å². The van der Waals surface area contributed by atoms with Crippen molar-refractivity contribution >= 4 is 35.0 Å². The molecule has 1 saturated heterocycles. The first-order chi connectivity index (χ1) is 10.5. The molecule has 0 spiro atoms. The van der Waals surface area contributed by atoms with Gasteiger partial charge in [-0.2, -0.15) is 0 Å². The zero-order valence-electron chi connectivity index (χ0n) is 12.4. The van der Waals surface area contributed by atoms with Gasteiger partial charge in [-0.15, -0.1) is 0 Å². The Morgan fingerprint density at radius 1 is 1.41 bits per heavy atom. The lowest BCUT2D eigenvalue weighted by atomic mass is 10.3. The lowest BCUT2D eigenvalue weighted by Crippen LogP contribution is -2.29. The van der Waals surface area contributed by atoms with Crippen LogP contribution in [0, 0.1) is 0 Å². The molecule has 1 aromatic heterocycles. The molecule has 22 heavy (non-hydrogen) atoms. The highest BCUT2D eigenvalue weighted by Crippen LogP contribution is 2.32. The van der Waals surface area contributed by atoms with Gasteiger partial charge in [0.05, 0.1) is 23.5 Å². The number of esters is 1. The third-order valence-corrected chi connectivity index (χ3v) is 3.87. The van der Waals surface area contributed by atoms with Crippen molar-refractivity contribution in [1.82, 2.24) is 14.5 Å². The summed E-state index contributed by atoms with van der Waals surface area (Å²) in [5, 5.41) is -0.278. The second-order valence-electron chi connectivity index (χ2n) is 4.84. The summed E-state index contributed by atoms with van der Waals surface area (Å²) in [4.78, 5) is 40.4. The monoisotopic (exact) mass is 323 g/mol. The molecule has 0 saturated carbocycles. The Morgan fingerprint density at radius 2 is 2.18 bits per heavy atom. The molecule has 2 rings (SSSR count). The number of unbranched alkanes of at least 4 members (excludes halogenated alkanes) is 1. The summed E-state index contributed by atoms with van der Waals surface area (Å²) in [7, 11) is 1.83. The minimum Gasteiger partial charge on any atom is -0.466 e. The topological polar surface area (TPSA) is 81.5 Å². The van der Waals surface area contributed by atoms with Gasteiger partial charge in [0, 0.05) is 26.7 Å². The lowest BCUT2D eigenvalue weighted by molar-refractivity contribution is -0.141. The maximum atomic E-state index is 12.2. The van der Waals surface area contributed by atoms with Crippen molar-refractivity contribution < 1.29 is 19.1 Å². The van der Waals surface area contributed by atoms with E-state index in [-0.39, 0.29) is 17.1 Å². The molecule has 8 heteroatoms. The quantitative estimate of drug-likeness (QED) is 0.451. The largest absolute Gasteiger partial charge is 0.466 e. The van der Waals surface area contributed by atoms with Crippen LogP contribution >= 0.6 is 11.8 Å². The van der Waals surface area contributed by atoms with E-state index in [2.05, 4.69) is 4.98 Å². The Bertz CT molecular complexity index is 623. The molecule has 2 heterocycles. The number of nitrogens with zero attached hydrogens (tertiary/aromatic N) is 3. The number of imidazole rings is 1. The van der Waals surface area contributed by atoms with Gasteiger partial charge in [-0.3, -0.25) is 19.3 Å². The number of thioether (sulfide) groups is 1. The second-order valence-corrected chi connectivity index (χ2v) is 5.84. The average molecular weight is 323 g/mol. The number of carbonyl (C=O) groups is 3. The molecule has 0 unspecified atom stereocenters. The van der Waals surface area contributed by atoms with E-state index < -0.39 is 0 Å². The molecule has 1 fully saturated rings. The predicted molar refractivity (Wildman–Crippen MR) is 81.8 cm³/mol. The van der Waals surface area contributed by atoms with Gasteiger partial charge in [-0.1, -0.05) is 0 Å². The van der Waals surface area contributed by atoms with E-state index in [0.29, 0.717) is 36.6 Å². The fourth-order valence-corrected chi connectivity index (χ4v) is 2.77. The van der Waals surface area contributed by atoms with E-state index in [1.54, 1.807) is 23.2 Å². The first kappa shape index (κ1) is 16.3. The number of amides is 2. The van der Waals surface area contributed by atoms with Crippen LogP contribution < -0.4 is 0 Å². The van der Waals surface area contributed by atoms with E-state index in [0.717, 1.165) is 11.8 Å². The first-order valence-electron chi connectivity index (χ1n) is 6.84. The Hall–Kier alpha value is -2.09. The summed E-state index contributed by atoms with van der Waals surface area (Å²) in [5.41, 5.74) is 0.642. The molecule has 0 radical (unpaired) electrons. The lowest BCUT2D eigenvalue weighted by Gasteiger charge is -2.11. The third-order valence-electron chi connectivity index (χ3n) is 2.96. The molecule has 0 atom stereocenters. The van der Waals surface area contributed by atoms with E-state index in [4.69, 9.17) is 4.74 Å². The molecular weight excluding hydrogens is 306 g/mol. The van der Waals surface area contributed by atoms with Crippen LogP contribution in [0.1, 0.15) is 25.5 Å². The van der Waals surface area contributed by atoms with E-state index in [9.17, 15) is 14.4 Å². The van der Waals surface area contributed by atoms with Crippen molar-refractivity contribution in [3.63, 3.8) is 0 Å². The van der Waals surface area contributed by atoms with Gasteiger partial charge in [0.1, 0.15) is 0 Å². The molecule has 2 amide bonds. The molecule has 1 aromatic rings. The van der Waals surface area contributed by atoms with Crippen LogP contribution in [0.25, 0.3) is 6.08 Å². The normalized spacial score (nSPS) is 16.6. The Morgan fingerprint density at radius 3 is 2.82 bits per heavy atom. The zero-order valence-corrected chi connectivity index (χ0v) is 13.3. The van der Waals surface area contributed by atoms with Crippen molar-refractivity contribution in [2.45, 2.75) is 19.8 Å². The number of aryl methyl sites for hydroxylation is 1. The van der Waals surface area contributed by atoms with E-state index in [1.165, 1.54) is 11.8 Å². The molecule has 118 valence electrons. The highest BCUT2D eigenvalue weighted by atomic mass is 32.2. The zero-order chi connectivity index (χ0) is 16.1. The van der Waals surface area contributed by atoms with Gasteiger partial charge < -0.3 is 9.30 Å². The number of rotatable bonds is 6. The minimum atomic E-state index is -0.329. The van der Waals surface area contributed by atoms with Crippen molar-refractivity contribution in [1.29, 1.82) is 0 Å². The smallest absolute Gasteiger partial charge is 0.302 e. The number of imide groups is 1.